The molecule has 0 saturated heterocycles. The van der Waals surface area contributed by atoms with Crippen molar-refractivity contribution in [2.24, 2.45) is 5.92 Å². The van der Waals surface area contributed by atoms with Gasteiger partial charge in [-0.05, 0) is 18.4 Å². The van der Waals surface area contributed by atoms with Gasteiger partial charge in [-0.2, -0.15) is 0 Å². The molecule has 0 fully saturated rings. The van der Waals surface area contributed by atoms with Crippen molar-refractivity contribution in [2.75, 3.05) is 0 Å². The van der Waals surface area contributed by atoms with Gasteiger partial charge in [0.15, 0.2) is 0 Å². The molecule has 3 nitrogen and oxygen atoms in total. The monoisotopic (exact) mass is 272 g/mol. The Kier molecular flexibility index (Phi) is 4.96. The number of aliphatic hydroxyl groups excluding tert-OH is 1. The topological polar surface area (TPSA) is 38.1 Å². The fraction of sp³-hybridized carbons (Fsp3) is 0.471. The van der Waals surface area contributed by atoms with Crippen LogP contribution >= 0.6 is 0 Å². The Morgan fingerprint density at radius 3 is 2.50 bits per heavy atom. The van der Waals surface area contributed by atoms with Crippen molar-refractivity contribution in [1.29, 1.82) is 0 Å². The van der Waals surface area contributed by atoms with Gasteiger partial charge in [-0.3, -0.25) is 0 Å². The van der Waals surface area contributed by atoms with Crippen molar-refractivity contribution in [3.05, 3.63) is 54.1 Å². The first-order chi connectivity index (χ1) is 9.69. The van der Waals surface area contributed by atoms with Crippen LogP contribution in [-0.4, -0.2) is 14.7 Å². The van der Waals surface area contributed by atoms with Gasteiger partial charge in [-0.15, -0.1) is 0 Å². The summed E-state index contributed by atoms with van der Waals surface area (Å²) in [6.45, 7) is 7.26. The van der Waals surface area contributed by atoms with Gasteiger partial charge in [-0.25, -0.2) is 4.98 Å². The summed E-state index contributed by atoms with van der Waals surface area (Å²) in [5, 5.41) is 10.9. The molecule has 2 rings (SSSR count). The van der Waals surface area contributed by atoms with Crippen molar-refractivity contribution < 1.29 is 5.11 Å². The Morgan fingerprint density at radius 1 is 1.20 bits per heavy atom. The summed E-state index contributed by atoms with van der Waals surface area (Å²) in [5.41, 5.74) is 1.18. The molecule has 108 valence electrons. The Labute approximate surface area is 121 Å². The molecule has 3 heteroatoms. The van der Waals surface area contributed by atoms with Crippen LogP contribution in [0.1, 0.15) is 50.6 Å². The molecule has 0 aliphatic rings. The van der Waals surface area contributed by atoms with E-state index in [1.54, 1.807) is 6.20 Å². The minimum Gasteiger partial charge on any atom is -0.385 e. The lowest BCUT2D eigenvalue weighted by Gasteiger charge is -2.28. The van der Waals surface area contributed by atoms with E-state index in [0.717, 1.165) is 18.8 Å². The predicted molar refractivity (Wildman–Crippen MR) is 81.5 cm³/mol. The van der Waals surface area contributed by atoms with Gasteiger partial charge in [0.25, 0.3) is 0 Å². The second kappa shape index (κ2) is 6.71. The number of benzene rings is 1. The average molecular weight is 272 g/mol. The summed E-state index contributed by atoms with van der Waals surface area (Å²) in [4.78, 5) is 4.36. The smallest absolute Gasteiger partial charge is 0.138 e. The minimum atomic E-state index is -0.567. The molecule has 0 aliphatic heterocycles. The number of aromatic nitrogens is 2. The molecule has 3 unspecified atom stereocenters. The molecule has 0 amide bonds. The number of aliphatic hydroxyl groups is 1. The zero-order chi connectivity index (χ0) is 14.5. The van der Waals surface area contributed by atoms with Crippen molar-refractivity contribution in [2.45, 2.75) is 45.8 Å². The fourth-order valence-electron chi connectivity index (χ4n) is 2.77. The first kappa shape index (κ1) is 14.8. The van der Waals surface area contributed by atoms with Crippen molar-refractivity contribution >= 4 is 0 Å². The average Bonchev–Trinajstić information content (AvgIpc) is 2.96. The van der Waals surface area contributed by atoms with Gasteiger partial charge < -0.3 is 9.67 Å². The van der Waals surface area contributed by atoms with Crippen LogP contribution in [-0.2, 0) is 6.54 Å². The lowest BCUT2D eigenvalue weighted by atomic mass is 9.81. The Hall–Kier alpha value is -1.61. The lowest BCUT2D eigenvalue weighted by molar-refractivity contribution is 0.106. The van der Waals surface area contributed by atoms with E-state index in [4.69, 9.17) is 0 Å². The highest BCUT2D eigenvalue weighted by Crippen LogP contribution is 2.37. The van der Waals surface area contributed by atoms with Gasteiger partial charge in [0, 0.05) is 24.9 Å². The van der Waals surface area contributed by atoms with Crippen LogP contribution in [0, 0.1) is 5.92 Å². The fourth-order valence-corrected chi connectivity index (χ4v) is 2.77. The molecule has 2 aromatic rings. The van der Waals surface area contributed by atoms with E-state index in [1.807, 2.05) is 29.0 Å². The summed E-state index contributed by atoms with van der Waals surface area (Å²) in [6.07, 6.45) is 4.16. The maximum atomic E-state index is 10.9. The third-order valence-electron chi connectivity index (χ3n) is 4.13. The summed E-state index contributed by atoms with van der Waals surface area (Å²) in [5.74, 6) is 1.24. The second-order valence-corrected chi connectivity index (χ2v) is 5.34. The summed E-state index contributed by atoms with van der Waals surface area (Å²) >= 11 is 0. The van der Waals surface area contributed by atoms with E-state index < -0.39 is 6.10 Å². The number of hydrogen-bond acceptors (Lipinski definition) is 2. The molecule has 20 heavy (non-hydrogen) atoms. The SMILES string of the molecule is CCC(C)C(c1ccccc1)C(O)c1nccn1CC. The highest BCUT2D eigenvalue weighted by Gasteiger charge is 2.29. The van der Waals surface area contributed by atoms with Crippen LogP contribution in [0.3, 0.4) is 0 Å². The van der Waals surface area contributed by atoms with E-state index in [2.05, 4.69) is 37.9 Å². The normalized spacial score (nSPS) is 15.8. The van der Waals surface area contributed by atoms with E-state index in [0.29, 0.717) is 5.92 Å². The number of nitrogens with zero attached hydrogens (tertiary/aromatic N) is 2. The van der Waals surface area contributed by atoms with Crippen LogP contribution < -0.4 is 0 Å². The van der Waals surface area contributed by atoms with Gasteiger partial charge in [0.1, 0.15) is 11.9 Å². The van der Waals surface area contributed by atoms with Crippen molar-refractivity contribution in [3.63, 3.8) is 0 Å². The highest BCUT2D eigenvalue weighted by molar-refractivity contribution is 5.23. The molecule has 0 radical (unpaired) electrons. The number of imidazole rings is 1. The van der Waals surface area contributed by atoms with E-state index in [9.17, 15) is 5.11 Å². The third kappa shape index (κ3) is 2.93. The summed E-state index contributed by atoms with van der Waals surface area (Å²) in [6, 6.07) is 10.3. The third-order valence-corrected chi connectivity index (χ3v) is 4.13. The molecule has 0 saturated carbocycles. The molecular formula is C17H24N2O. The zero-order valence-electron chi connectivity index (χ0n) is 12.5. The Bertz CT molecular complexity index is 521. The van der Waals surface area contributed by atoms with Crippen LogP contribution in [0.15, 0.2) is 42.7 Å². The first-order valence-electron chi connectivity index (χ1n) is 7.43. The van der Waals surface area contributed by atoms with E-state index in [1.165, 1.54) is 5.56 Å². The van der Waals surface area contributed by atoms with Crippen molar-refractivity contribution in [1.82, 2.24) is 9.55 Å². The largest absolute Gasteiger partial charge is 0.385 e. The highest BCUT2D eigenvalue weighted by atomic mass is 16.3. The van der Waals surface area contributed by atoms with E-state index >= 15 is 0 Å². The number of aryl methyl sites for hydroxylation is 1. The minimum absolute atomic E-state index is 0.0777. The first-order valence-corrected chi connectivity index (χ1v) is 7.43. The standard InChI is InChI=1S/C17H24N2O/c1-4-13(3)15(14-9-7-6-8-10-14)16(20)17-18-11-12-19(17)5-2/h6-13,15-16,20H,4-5H2,1-3H3. The molecular weight excluding hydrogens is 248 g/mol. The summed E-state index contributed by atoms with van der Waals surface area (Å²) < 4.78 is 2.02. The molecule has 3 atom stereocenters. The predicted octanol–water partition coefficient (Wildman–Crippen LogP) is 3.77. The van der Waals surface area contributed by atoms with Crippen LogP contribution in [0.2, 0.25) is 0 Å². The molecule has 1 aromatic heterocycles. The molecule has 1 heterocycles. The lowest BCUT2D eigenvalue weighted by Crippen LogP contribution is -2.21. The van der Waals surface area contributed by atoms with Gasteiger partial charge in [-0.1, -0.05) is 50.6 Å². The molecule has 0 spiro atoms. The number of hydrogen-bond donors (Lipinski definition) is 1. The maximum Gasteiger partial charge on any atom is 0.138 e. The van der Waals surface area contributed by atoms with Gasteiger partial charge >= 0.3 is 0 Å². The Morgan fingerprint density at radius 2 is 1.90 bits per heavy atom. The van der Waals surface area contributed by atoms with Crippen molar-refractivity contribution in [3.8, 4) is 0 Å². The van der Waals surface area contributed by atoms with Crippen LogP contribution in [0.5, 0.6) is 0 Å². The number of rotatable bonds is 6. The second-order valence-electron chi connectivity index (χ2n) is 5.34. The van der Waals surface area contributed by atoms with E-state index in [-0.39, 0.29) is 5.92 Å². The Balaban J connectivity index is 2.37. The summed E-state index contributed by atoms with van der Waals surface area (Å²) in [7, 11) is 0. The van der Waals surface area contributed by atoms with Crippen LogP contribution in [0.25, 0.3) is 0 Å². The molecule has 1 aromatic carbocycles. The maximum absolute atomic E-state index is 10.9. The quantitative estimate of drug-likeness (QED) is 0.869. The van der Waals surface area contributed by atoms with Gasteiger partial charge in [0.2, 0.25) is 0 Å². The van der Waals surface area contributed by atoms with Gasteiger partial charge in [0.05, 0.1) is 0 Å². The molecule has 1 N–H and O–H groups in total. The zero-order valence-corrected chi connectivity index (χ0v) is 12.5. The molecule has 0 aliphatic carbocycles. The van der Waals surface area contributed by atoms with Crippen LogP contribution in [0.4, 0.5) is 0 Å². The molecule has 0 bridgehead atoms.